The minimum absolute atomic E-state index is 0.211. The lowest BCUT2D eigenvalue weighted by atomic mass is 9.94. The van der Waals surface area contributed by atoms with Gasteiger partial charge in [0.15, 0.2) is 0 Å². The molecule has 0 bridgehead atoms. The molecule has 0 aromatic heterocycles. The fourth-order valence-corrected chi connectivity index (χ4v) is 2.92. The molecule has 1 saturated carbocycles. The second-order valence-electron chi connectivity index (χ2n) is 3.92. The molecule has 1 aliphatic rings. The molecule has 2 nitrogen and oxygen atoms in total. The fraction of sp³-hybridized carbons (Fsp3) is 0.900. The van der Waals surface area contributed by atoms with Crippen molar-refractivity contribution in [2.45, 2.75) is 44.3 Å². The Morgan fingerprint density at radius 3 is 2.23 bits per heavy atom. The molecule has 76 valence electrons. The predicted molar refractivity (Wildman–Crippen MR) is 58.7 cm³/mol. The molecule has 0 aromatic carbocycles. The Kier molecular flexibility index (Phi) is 4.18. The SMILES string of the molecule is CP[C@H]1CC[C@H](N(C)C(C)=O)CC1. The van der Waals surface area contributed by atoms with Gasteiger partial charge in [-0.2, -0.15) is 0 Å². The summed E-state index contributed by atoms with van der Waals surface area (Å²) < 4.78 is 0. The van der Waals surface area contributed by atoms with Crippen molar-refractivity contribution >= 4 is 14.5 Å². The van der Waals surface area contributed by atoms with E-state index in [9.17, 15) is 4.79 Å². The second-order valence-corrected chi connectivity index (χ2v) is 5.32. The number of hydrogen-bond acceptors (Lipinski definition) is 1. The summed E-state index contributed by atoms with van der Waals surface area (Å²) in [4.78, 5) is 13.0. The van der Waals surface area contributed by atoms with E-state index in [4.69, 9.17) is 0 Å². The van der Waals surface area contributed by atoms with Crippen LogP contribution in [-0.2, 0) is 4.79 Å². The molecule has 0 heterocycles. The Hall–Kier alpha value is -0.100. The predicted octanol–water partition coefficient (Wildman–Crippen LogP) is 2.08. The molecule has 1 unspecified atom stereocenters. The number of hydrogen-bond donors (Lipinski definition) is 0. The minimum atomic E-state index is 0.211. The van der Waals surface area contributed by atoms with Gasteiger partial charge < -0.3 is 4.90 Å². The van der Waals surface area contributed by atoms with Crippen LogP contribution in [0.4, 0.5) is 0 Å². The van der Waals surface area contributed by atoms with E-state index < -0.39 is 0 Å². The summed E-state index contributed by atoms with van der Waals surface area (Å²) >= 11 is 0. The maximum atomic E-state index is 11.1. The number of amides is 1. The smallest absolute Gasteiger partial charge is 0.219 e. The second kappa shape index (κ2) is 4.95. The van der Waals surface area contributed by atoms with Crippen molar-refractivity contribution < 1.29 is 4.79 Å². The normalized spacial score (nSPS) is 29.5. The van der Waals surface area contributed by atoms with Crippen LogP contribution in [0.15, 0.2) is 0 Å². The van der Waals surface area contributed by atoms with Crippen molar-refractivity contribution in [3.8, 4) is 0 Å². The Bertz CT molecular complexity index is 176. The van der Waals surface area contributed by atoms with Gasteiger partial charge in [-0.15, -0.1) is 8.58 Å². The molecule has 1 atom stereocenters. The summed E-state index contributed by atoms with van der Waals surface area (Å²) in [6.45, 7) is 3.95. The van der Waals surface area contributed by atoms with E-state index in [-0.39, 0.29) is 5.91 Å². The summed E-state index contributed by atoms with van der Waals surface area (Å²) in [5.74, 6) is 0.211. The third-order valence-electron chi connectivity index (χ3n) is 3.15. The van der Waals surface area contributed by atoms with Gasteiger partial charge in [0.2, 0.25) is 5.91 Å². The van der Waals surface area contributed by atoms with Crippen molar-refractivity contribution in [2.24, 2.45) is 0 Å². The first-order valence-electron chi connectivity index (χ1n) is 5.05. The highest BCUT2D eigenvalue weighted by Crippen LogP contribution is 2.32. The van der Waals surface area contributed by atoms with Gasteiger partial charge in [0, 0.05) is 20.0 Å². The average Bonchev–Trinajstić information content (AvgIpc) is 2.17. The van der Waals surface area contributed by atoms with Gasteiger partial charge in [-0.05, 0) is 38.0 Å². The molecule has 13 heavy (non-hydrogen) atoms. The minimum Gasteiger partial charge on any atom is -0.343 e. The van der Waals surface area contributed by atoms with Crippen LogP contribution in [0.1, 0.15) is 32.6 Å². The van der Waals surface area contributed by atoms with Gasteiger partial charge in [-0.1, -0.05) is 0 Å². The number of rotatable bonds is 2. The molecule has 1 rings (SSSR count). The molecule has 0 spiro atoms. The fourth-order valence-electron chi connectivity index (χ4n) is 2.01. The molecule has 1 amide bonds. The lowest BCUT2D eigenvalue weighted by Gasteiger charge is -2.33. The van der Waals surface area contributed by atoms with Crippen molar-refractivity contribution in [3.63, 3.8) is 0 Å². The zero-order valence-corrected chi connectivity index (χ0v) is 9.84. The highest BCUT2D eigenvalue weighted by Gasteiger charge is 2.23. The van der Waals surface area contributed by atoms with E-state index >= 15 is 0 Å². The van der Waals surface area contributed by atoms with Crippen LogP contribution in [0.2, 0.25) is 0 Å². The number of carbonyl (C=O) groups excluding carboxylic acids is 1. The standard InChI is InChI=1S/C10H20NOP/c1-8(12)11(2)9-4-6-10(13-3)7-5-9/h9-10,13H,4-7H2,1-3H3/t9-,10-. The Labute approximate surface area is 82.9 Å². The van der Waals surface area contributed by atoms with Crippen molar-refractivity contribution in [3.05, 3.63) is 0 Å². The molecule has 0 aromatic rings. The van der Waals surface area contributed by atoms with Gasteiger partial charge >= 0.3 is 0 Å². The third kappa shape index (κ3) is 2.95. The monoisotopic (exact) mass is 201 g/mol. The van der Waals surface area contributed by atoms with E-state index in [1.165, 1.54) is 25.7 Å². The molecule has 0 N–H and O–H groups in total. The molecule has 0 radical (unpaired) electrons. The summed E-state index contributed by atoms with van der Waals surface area (Å²) in [7, 11) is 3.01. The third-order valence-corrected chi connectivity index (χ3v) is 4.54. The first-order valence-corrected chi connectivity index (χ1v) is 6.63. The van der Waals surface area contributed by atoms with Crippen LogP contribution in [-0.4, -0.2) is 36.2 Å². The largest absolute Gasteiger partial charge is 0.343 e. The quantitative estimate of drug-likeness (QED) is 0.626. The molecule has 1 aliphatic carbocycles. The topological polar surface area (TPSA) is 20.3 Å². The van der Waals surface area contributed by atoms with Crippen LogP contribution in [0, 0.1) is 0 Å². The van der Waals surface area contributed by atoms with Crippen molar-refractivity contribution in [2.75, 3.05) is 13.7 Å². The first-order chi connectivity index (χ1) is 6.15. The van der Waals surface area contributed by atoms with Crippen LogP contribution in [0.3, 0.4) is 0 Å². The highest BCUT2D eigenvalue weighted by atomic mass is 31.1. The van der Waals surface area contributed by atoms with Gasteiger partial charge in [0.05, 0.1) is 0 Å². The summed E-state index contributed by atoms with van der Waals surface area (Å²) in [6, 6.07) is 0.519. The van der Waals surface area contributed by atoms with Gasteiger partial charge in [-0.3, -0.25) is 4.79 Å². The number of carbonyl (C=O) groups is 1. The first kappa shape index (κ1) is 11.0. The van der Waals surface area contributed by atoms with E-state index in [1.54, 1.807) is 6.92 Å². The lowest BCUT2D eigenvalue weighted by molar-refractivity contribution is -0.130. The Morgan fingerprint density at radius 2 is 1.85 bits per heavy atom. The molecule has 1 fully saturated rings. The summed E-state index contributed by atoms with van der Waals surface area (Å²) in [6.07, 6.45) is 5.05. The van der Waals surface area contributed by atoms with E-state index in [0.717, 1.165) is 14.2 Å². The summed E-state index contributed by atoms with van der Waals surface area (Å²) in [5.41, 5.74) is 0.941. The number of nitrogens with zero attached hydrogens (tertiary/aromatic N) is 1. The summed E-state index contributed by atoms with van der Waals surface area (Å²) in [5, 5.41) is 0. The van der Waals surface area contributed by atoms with Crippen molar-refractivity contribution in [1.29, 1.82) is 0 Å². The van der Waals surface area contributed by atoms with Gasteiger partial charge in [0.25, 0.3) is 0 Å². The maximum Gasteiger partial charge on any atom is 0.219 e. The average molecular weight is 201 g/mol. The highest BCUT2D eigenvalue weighted by molar-refractivity contribution is 7.37. The van der Waals surface area contributed by atoms with Crippen LogP contribution in [0.25, 0.3) is 0 Å². The van der Waals surface area contributed by atoms with Crippen molar-refractivity contribution in [1.82, 2.24) is 4.90 Å². The van der Waals surface area contributed by atoms with Gasteiger partial charge in [0.1, 0.15) is 0 Å². The Morgan fingerprint density at radius 1 is 1.31 bits per heavy atom. The Balaban J connectivity index is 2.36. The van der Waals surface area contributed by atoms with Crippen LogP contribution in [0.5, 0.6) is 0 Å². The van der Waals surface area contributed by atoms with E-state index in [1.807, 2.05) is 11.9 Å². The van der Waals surface area contributed by atoms with E-state index in [2.05, 4.69) is 6.66 Å². The molecule has 0 aliphatic heterocycles. The molecule has 3 heteroatoms. The molecular weight excluding hydrogens is 181 g/mol. The molecular formula is C10H20NOP. The zero-order valence-electron chi connectivity index (χ0n) is 8.84. The molecule has 0 saturated heterocycles. The zero-order chi connectivity index (χ0) is 9.84. The van der Waals surface area contributed by atoms with Gasteiger partial charge in [-0.25, -0.2) is 0 Å². The van der Waals surface area contributed by atoms with Crippen LogP contribution >= 0.6 is 8.58 Å². The lowest BCUT2D eigenvalue weighted by Crippen LogP contribution is -2.38. The van der Waals surface area contributed by atoms with Crippen LogP contribution < -0.4 is 0 Å². The van der Waals surface area contributed by atoms with E-state index in [0.29, 0.717) is 6.04 Å². The maximum absolute atomic E-state index is 11.1.